The molecule has 0 aromatic carbocycles. The number of aliphatic hydroxyl groups is 2. The van der Waals surface area contributed by atoms with Crippen molar-refractivity contribution in [1.29, 1.82) is 0 Å². The average molecular weight is 284 g/mol. The van der Waals surface area contributed by atoms with E-state index < -0.39 is 24.8 Å². The van der Waals surface area contributed by atoms with Gasteiger partial charge in [0.1, 0.15) is 5.41 Å². The van der Waals surface area contributed by atoms with Gasteiger partial charge in [0, 0.05) is 4.43 Å². The first-order chi connectivity index (χ1) is 4.93. The highest BCUT2D eigenvalue weighted by Crippen LogP contribution is 2.38. The van der Waals surface area contributed by atoms with Crippen LogP contribution in [0.2, 0.25) is 0 Å². The summed E-state index contributed by atoms with van der Waals surface area (Å²) in [6.07, 6.45) is -4.54. The summed E-state index contributed by atoms with van der Waals surface area (Å²) in [7, 11) is 0. The van der Waals surface area contributed by atoms with Crippen LogP contribution < -0.4 is 0 Å². The first-order valence-electron chi connectivity index (χ1n) is 2.78. The molecule has 6 heteroatoms. The summed E-state index contributed by atoms with van der Waals surface area (Å²) in [4.78, 5) is 0. The molecule has 0 aromatic rings. The standard InChI is InChI=1S/C5H8F3IO2/c6-5(7,8)4(1-9,2-10)3-11/h10-11H,1-3H2. The molecule has 68 valence electrons. The molecule has 0 rings (SSSR count). The highest BCUT2D eigenvalue weighted by molar-refractivity contribution is 14.1. The lowest BCUT2D eigenvalue weighted by Crippen LogP contribution is -2.45. The summed E-state index contributed by atoms with van der Waals surface area (Å²) < 4.78 is 35.8. The first kappa shape index (κ1) is 11.4. The molecule has 0 unspecified atom stereocenters. The molecule has 2 N–H and O–H groups in total. The van der Waals surface area contributed by atoms with Crippen LogP contribution in [0, 0.1) is 5.41 Å². The van der Waals surface area contributed by atoms with Crippen molar-refractivity contribution in [1.82, 2.24) is 0 Å². The highest BCUT2D eigenvalue weighted by atomic mass is 127. The summed E-state index contributed by atoms with van der Waals surface area (Å²) in [6, 6.07) is 0. The van der Waals surface area contributed by atoms with Gasteiger partial charge in [-0.1, -0.05) is 22.6 Å². The molecule has 0 aliphatic heterocycles. The zero-order valence-corrected chi connectivity index (χ0v) is 7.69. The van der Waals surface area contributed by atoms with Crippen LogP contribution in [0.15, 0.2) is 0 Å². The Balaban J connectivity index is 4.54. The number of alkyl halides is 4. The lowest BCUT2D eigenvalue weighted by Gasteiger charge is -2.29. The lowest BCUT2D eigenvalue weighted by molar-refractivity contribution is -0.236. The number of rotatable bonds is 3. The molecule has 2 nitrogen and oxygen atoms in total. The van der Waals surface area contributed by atoms with E-state index in [1.807, 2.05) is 0 Å². The zero-order valence-electron chi connectivity index (χ0n) is 5.53. The average Bonchev–Trinajstić information content (AvgIpc) is 1.90. The summed E-state index contributed by atoms with van der Waals surface area (Å²) >= 11 is 1.49. The fourth-order valence-electron chi connectivity index (χ4n) is 0.390. The molecule has 0 heterocycles. The molecule has 0 aromatic heterocycles. The van der Waals surface area contributed by atoms with Gasteiger partial charge in [-0.3, -0.25) is 0 Å². The van der Waals surface area contributed by atoms with Crippen molar-refractivity contribution in [2.45, 2.75) is 6.18 Å². The van der Waals surface area contributed by atoms with E-state index >= 15 is 0 Å². The second-order valence-corrected chi connectivity index (χ2v) is 2.99. The molecular weight excluding hydrogens is 276 g/mol. The number of hydrogen-bond donors (Lipinski definition) is 2. The maximum Gasteiger partial charge on any atom is 0.399 e. The van der Waals surface area contributed by atoms with Crippen LogP contribution in [0.4, 0.5) is 13.2 Å². The molecule has 0 saturated carbocycles. The van der Waals surface area contributed by atoms with Gasteiger partial charge in [0.15, 0.2) is 0 Å². The van der Waals surface area contributed by atoms with Crippen LogP contribution in [-0.4, -0.2) is 34.0 Å². The van der Waals surface area contributed by atoms with Crippen LogP contribution in [-0.2, 0) is 0 Å². The van der Waals surface area contributed by atoms with E-state index in [0.717, 1.165) is 0 Å². The minimum atomic E-state index is -4.54. The van der Waals surface area contributed by atoms with Crippen molar-refractivity contribution in [2.75, 3.05) is 17.6 Å². The van der Waals surface area contributed by atoms with Crippen molar-refractivity contribution in [3.05, 3.63) is 0 Å². The fraction of sp³-hybridized carbons (Fsp3) is 1.00. The van der Waals surface area contributed by atoms with Crippen LogP contribution in [0.3, 0.4) is 0 Å². The van der Waals surface area contributed by atoms with Crippen molar-refractivity contribution in [3.63, 3.8) is 0 Å². The van der Waals surface area contributed by atoms with Crippen LogP contribution in [0.1, 0.15) is 0 Å². The Bertz CT molecular complexity index is 113. The zero-order chi connectivity index (χ0) is 9.12. The second-order valence-electron chi connectivity index (χ2n) is 2.23. The van der Waals surface area contributed by atoms with Gasteiger partial charge in [0.2, 0.25) is 0 Å². The Kier molecular flexibility index (Phi) is 4.06. The Hall–Kier alpha value is 0.440. The third-order valence-electron chi connectivity index (χ3n) is 1.46. The maximum atomic E-state index is 12.1. The predicted molar refractivity (Wildman–Crippen MR) is 41.5 cm³/mol. The molecule has 0 aliphatic carbocycles. The van der Waals surface area contributed by atoms with E-state index in [-0.39, 0.29) is 4.43 Å². The summed E-state index contributed by atoms with van der Waals surface area (Å²) in [5.74, 6) is 0. The number of hydrogen-bond acceptors (Lipinski definition) is 2. The van der Waals surface area contributed by atoms with E-state index in [4.69, 9.17) is 10.2 Å². The van der Waals surface area contributed by atoms with E-state index in [2.05, 4.69) is 0 Å². The van der Waals surface area contributed by atoms with E-state index in [1.165, 1.54) is 22.6 Å². The summed E-state index contributed by atoms with van der Waals surface area (Å²) in [5, 5.41) is 16.9. The summed E-state index contributed by atoms with van der Waals surface area (Å²) in [5.41, 5.74) is -2.34. The normalized spacial score (nSPS) is 13.6. The topological polar surface area (TPSA) is 40.5 Å². The molecule has 0 radical (unpaired) electrons. The van der Waals surface area contributed by atoms with Gasteiger partial charge >= 0.3 is 6.18 Å². The molecular formula is C5H8F3IO2. The van der Waals surface area contributed by atoms with Crippen molar-refractivity contribution in [3.8, 4) is 0 Å². The third-order valence-corrected chi connectivity index (χ3v) is 2.92. The van der Waals surface area contributed by atoms with Gasteiger partial charge in [0.25, 0.3) is 0 Å². The maximum absolute atomic E-state index is 12.1. The van der Waals surface area contributed by atoms with Gasteiger partial charge in [-0.25, -0.2) is 0 Å². The predicted octanol–water partition coefficient (Wildman–Crippen LogP) is 0.955. The molecule has 0 bridgehead atoms. The van der Waals surface area contributed by atoms with Crippen molar-refractivity contribution < 1.29 is 23.4 Å². The van der Waals surface area contributed by atoms with Gasteiger partial charge in [-0.05, 0) is 0 Å². The van der Waals surface area contributed by atoms with Crippen LogP contribution in [0.5, 0.6) is 0 Å². The number of aliphatic hydroxyl groups excluding tert-OH is 2. The fourth-order valence-corrected chi connectivity index (χ4v) is 1.30. The third kappa shape index (κ3) is 2.19. The van der Waals surface area contributed by atoms with Gasteiger partial charge in [-0.2, -0.15) is 13.2 Å². The molecule has 0 fully saturated rings. The minimum Gasteiger partial charge on any atom is -0.395 e. The summed E-state index contributed by atoms with van der Waals surface area (Å²) in [6.45, 7) is -2.15. The lowest BCUT2D eigenvalue weighted by atomic mass is 9.92. The molecule has 0 amide bonds. The molecule has 0 aliphatic rings. The number of halogens is 4. The minimum absolute atomic E-state index is 0.346. The molecule has 11 heavy (non-hydrogen) atoms. The van der Waals surface area contributed by atoms with Crippen LogP contribution in [0.25, 0.3) is 0 Å². The molecule has 0 atom stereocenters. The van der Waals surface area contributed by atoms with Gasteiger partial charge in [0.05, 0.1) is 13.2 Å². The van der Waals surface area contributed by atoms with Gasteiger partial charge < -0.3 is 10.2 Å². The Morgan fingerprint density at radius 2 is 1.45 bits per heavy atom. The smallest absolute Gasteiger partial charge is 0.395 e. The Labute approximate surface area is 75.5 Å². The Morgan fingerprint density at radius 3 is 1.45 bits per heavy atom. The van der Waals surface area contributed by atoms with E-state index in [0.29, 0.717) is 0 Å². The van der Waals surface area contributed by atoms with Crippen LogP contribution >= 0.6 is 22.6 Å². The van der Waals surface area contributed by atoms with Gasteiger partial charge in [-0.15, -0.1) is 0 Å². The Morgan fingerprint density at radius 1 is 1.09 bits per heavy atom. The molecule has 0 spiro atoms. The quantitative estimate of drug-likeness (QED) is 0.598. The largest absolute Gasteiger partial charge is 0.399 e. The van der Waals surface area contributed by atoms with E-state index in [1.54, 1.807) is 0 Å². The monoisotopic (exact) mass is 284 g/mol. The highest BCUT2D eigenvalue weighted by Gasteiger charge is 2.53. The SMILES string of the molecule is OCC(CO)(CI)C(F)(F)F. The first-order valence-corrected chi connectivity index (χ1v) is 4.30. The second kappa shape index (κ2) is 3.90. The van der Waals surface area contributed by atoms with E-state index in [9.17, 15) is 13.2 Å². The van der Waals surface area contributed by atoms with Crippen molar-refractivity contribution >= 4 is 22.6 Å². The molecule has 0 saturated heterocycles. The van der Waals surface area contributed by atoms with Crippen molar-refractivity contribution in [2.24, 2.45) is 5.41 Å².